The van der Waals surface area contributed by atoms with Crippen molar-refractivity contribution in [3.8, 4) is 5.75 Å². The Morgan fingerprint density at radius 1 is 1.21 bits per heavy atom. The second kappa shape index (κ2) is 11.0. The molecular formula is C20H24N2O7. The Labute approximate surface area is 168 Å². The van der Waals surface area contributed by atoms with Crippen molar-refractivity contribution in [2.75, 3.05) is 13.2 Å². The summed E-state index contributed by atoms with van der Waals surface area (Å²) >= 11 is 0. The summed E-state index contributed by atoms with van der Waals surface area (Å²) in [5, 5.41) is 34.1. The summed E-state index contributed by atoms with van der Waals surface area (Å²) in [5.74, 6) is 0.250. The molecule has 29 heavy (non-hydrogen) atoms. The molecule has 0 aromatic heterocycles. The monoisotopic (exact) mass is 404 g/mol. The number of amides is 1. The summed E-state index contributed by atoms with van der Waals surface area (Å²) in [7, 11) is 0. The Balaban J connectivity index is 1.88. The number of carbonyl (C=O) groups is 1. The Bertz CT molecular complexity index is 814. The average molecular weight is 404 g/mol. The van der Waals surface area contributed by atoms with Crippen LogP contribution in [0.15, 0.2) is 48.5 Å². The molecule has 2 unspecified atom stereocenters. The molecule has 3 N–H and O–H groups in total. The number of nitrogens with one attached hydrogen (secondary N) is 1. The van der Waals surface area contributed by atoms with Crippen molar-refractivity contribution < 1.29 is 29.4 Å². The van der Waals surface area contributed by atoms with Gasteiger partial charge in [0.05, 0.1) is 17.6 Å². The van der Waals surface area contributed by atoms with Crippen LogP contribution in [0.2, 0.25) is 0 Å². The molecule has 9 heteroatoms. The van der Waals surface area contributed by atoms with Gasteiger partial charge in [-0.05, 0) is 25.0 Å². The summed E-state index contributed by atoms with van der Waals surface area (Å²) < 4.78 is 10.4. The number of aliphatic hydroxyl groups excluding tert-OH is 2. The van der Waals surface area contributed by atoms with Crippen molar-refractivity contribution in [1.82, 2.24) is 5.32 Å². The Morgan fingerprint density at radius 3 is 2.59 bits per heavy atom. The molecule has 0 radical (unpaired) electrons. The molecule has 2 atom stereocenters. The van der Waals surface area contributed by atoms with E-state index in [9.17, 15) is 25.1 Å². The van der Waals surface area contributed by atoms with Crippen molar-refractivity contribution >= 4 is 11.8 Å². The number of nitro groups is 1. The van der Waals surface area contributed by atoms with E-state index in [-0.39, 0.29) is 36.6 Å². The number of aliphatic hydroxyl groups is 2. The Hall–Kier alpha value is -3.17. The molecule has 0 aliphatic carbocycles. The molecule has 0 bridgehead atoms. The standard InChI is InChI=1S/C20H24N2O7/c1-2-28-18-9-8-15(22(26)27)12-16(18)19(24)17(23)10-11-21-20(25)29-13-14-6-4-3-5-7-14/h3-9,12,17,19,23-24H,2,10-11,13H2,1H3,(H,21,25). The zero-order valence-electron chi connectivity index (χ0n) is 16.0. The molecule has 0 aliphatic rings. The first-order valence-electron chi connectivity index (χ1n) is 9.14. The quantitative estimate of drug-likeness (QED) is 0.410. The summed E-state index contributed by atoms with van der Waals surface area (Å²) in [5.41, 5.74) is 0.727. The van der Waals surface area contributed by atoms with Gasteiger partial charge in [-0.25, -0.2) is 4.79 Å². The van der Waals surface area contributed by atoms with Gasteiger partial charge >= 0.3 is 6.09 Å². The number of hydrogen-bond acceptors (Lipinski definition) is 7. The van der Waals surface area contributed by atoms with E-state index in [0.717, 1.165) is 5.56 Å². The van der Waals surface area contributed by atoms with Gasteiger partial charge in [-0.2, -0.15) is 0 Å². The minimum atomic E-state index is -1.42. The third kappa shape index (κ3) is 6.74. The highest BCUT2D eigenvalue weighted by Gasteiger charge is 2.24. The van der Waals surface area contributed by atoms with Crippen LogP contribution in [0.25, 0.3) is 0 Å². The molecule has 2 aromatic rings. The van der Waals surface area contributed by atoms with Gasteiger partial charge in [0.15, 0.2) is 0 Å². The molecule has 0 heterocycles. The predicted octanol–water partition coefficient (Wildman–Crippen LogP) is 2.70. The normalized spacial score (nSPS) is 12.7. The van der Waals surface area contributed by atoms with E-state index in [2.05, 4.69) is 5.32 Å². The van der Waals surface area contributed by atoms with Gasteiger partial charge in [-0.1, -0.05) is 30.3 Å². The zero-order chi connectivity index (χ0) is 21.2. The molecule has 0 fully saturated rings. The van der Waals surface area contributed by atoms with E-state index >= 15 is 0 Å². The molecule has 0 spiro atoms. The van der Waals surface area contributed by atoms with Gasteiger partial charge in [0, 0.05) is 24.2 Å². The van der Waals surface area contributed by atoms with E-state index in [0.29, 0.717) is 6.61 Å². The molecule has 0 saturated carbocycles. The molecule has 0 saturated heterocycles. The first-order valence-corrected chi connectivity index (χ1v) is 9.14. The number of hydrogen-bond donors (Lipinski definition) is 3. The highest BCUT2D eigenvalue weighted by atomic mass is 16.6. The van der Waals surface area contributed by atoms with Gasteiger partial charge in [-0.15, -0.1) is 0 Å². The van der Waals surface area contributed by atoms with E-state index in [1.54, 1.807) is 6.92 Å². The molecular weight excluding hydrogens is 380 g/mol. The third-order valence-corrected chi connectivity index (χ3v) is 4.11. The maximum absolute atomic E-state index is 11.7. The number of ether oxygens (including phenoxy) is 2. The minimum absolute atomic E-state index is 0.00978. The van der Waals surface area contributed by atoms with Crippen LogP contribution >= 0.6 is 0 Å². The topological polar surface area (TPSA) is 131 Å². The molecule has 9 nitrogen and oxygen atoms in total. The van der Waals surface area contributed by atoms with Crippen LogP contribution in [0.5, 0.6) is 5.75 Å². The fraction of sp³-hybridized carbons (Fsp3) is 0.350. The van der Waals surface area contributed by atoms with Crippen LogP contribution in [-0.2, 0) is 11.3 Å². The van der Waals surface area contributed by atoms with E-state index in [4.69, 9.17) is 9.47 Å². The molecule has 156 valence electrons. The smallest absolute Gasteiger partial charge is 0.407 e. The van der Waals surface area contributed by atoms with Gasteiger partial charge < -0.3 is 25.0 Å². The lowest BCUT2D eigenvalue weighted by Crippen LogP contribution is -2.30. The number of rotatable bonds is 10. The number of non-ortho nitro benzene ring substituents is 1. The van der Waals surface area contributed by atoms with Crippen molar-refractivity contribution in [3.63, 3.8) is 0 Å². The maximum atomic E-state index is 11.7. The summed E-state index contributed by atoms with van der Waals surface area (Å²) in [6, 6.07) is 13.0. The van der Waals surface area contributed by atoms with E-state index < -0.39 is 23.2 Å². The molecule has 1 amide bonds. The van der Waals surface area contributed by atoms with Gasteiger partial charge in [-0.3, -0.25) is 10.1 Å². The second-order valence-electron chi connectivity index (χ2n) is 6.20. The van der Waals surface area contributed by atoms with Crippen LogP contribution in [0.1, 0.15) is 30.6 Å². The van der Waals surface area contributed by atoms with Crippen molar-refractivity contribution in [2.45, 2.75) is 32.2 Å². The number of nitrogens with zero attached hydrogens (tertiary/aromatic N) is 1. The predicted molar refractivity (Wildman–Crippen MR) is 104 cm³/mol. The first-order chi connectivity index (χ1) is 13.9. The molecule has 2 rings (SSSR count). The third-order valence-electron chi connectivity index (χ3n) is 4.11. The lowest BCUT2D eigenvalue weighted by molar-refractivity contribution is -0.385. The summed E-state index contributed by atoms with van der Waals surface area (Å²) in [6.07, 6.45) is -3.33. The van der Waals surface area contributed by atoms with Crippen molar-refractivity contribution in [2.24, 2.45) is 0 Å². The van der Waals surface area contributed by atoms with Crippen molar-refractivity contribution in [1.29, 1.82) is 0 Å². The highest BCUT2D eigenvalue weighted by Crippen LogP contribution is 2.32. The highest BCUT2D eigenvalue weighted by molar-refractivity contribution is 5.67. The van der Waals surface area contributed by atoms with E-state index in [1.165, 1.54) is 18.2 Å². The largest absolute Gasteiger partial charge is 0.493 e. The molecule has 2 aromatic carbocycles. The fourth-order valence-corrected chi connectivity index (χ4v) is 2.63. The van der Waals surface area contributed by atoms with E-state index in [1.807, 2.05) is 30.3 Å². The van der Waals surface area contributed by atoms with Gasteiger partial charge in [0.25, 0.3) is 5.69 Å². The van der Waals surface area contributed by atoms with Crippen LogP contribution in [0, 0.1) is 10.1 Å². The van der Waals surface area contributed by atoms with Crippen LogP contribution in [0.4, 0.5) is 10.5 Å². The number of benzene rings is 2. The van der Waals surface area contributed by atoms with Crippen LogP contribution < -0.4 is 10.1 Å². The van der Waals surface area contributed by atoms with Gasteiger partial charge in [0.2, 0.25) is 0 Å². The van der Waals surface area contributed by atoms with Crippen LogP contribution in [-0.4, -0.2) is 40.5 Å². The molecule has 0 aliphatic heterocycles. The Morgan fingerprint density at radius 2 is 1.93 bits per heavy atom. The summed E-state index contributed by atoms with van der Waals surface area (Å²) in [4.78, 5) is 22.1. The fourth-order valence-electron chi connectivity index (χ4n) is 2.63. The Kier molecular flexibility index (Phi) is 8.38. The number of alkyl carbamates (subject to hydrolysis) is 1. The number of carbonyl (C=O) groups excluding carboxylic acids is 1. The minimum Gasteiger partial charge on any atom is -0.493 e. The lowest BCUT2D eigenvalue weighted by Gasteiger charge is -2.20. The summed E-state index contributed by atoms with van der Waals surface area (Å²) in [6.45, 7) is 2.19. The van der Waals surface area contributed by atoms with Crippen molar-refractivity contribution in [3.05, 3.63) is 69.8 Å². The van der Waals surface area contributed by atoms with Crippen LogP contribution in [0.3, 0.4) is 0 Å². The lowest BCUT2D eigenvalue weighted by atomic mass is 10.0. The van der Waals surface area contributed by atoms with Gasteiger partial charge in [0.1, 0.15) is 18.5 Å². The average Bonchev–Trinajstić information content (AvgIpc) is 2.72. The number of nitro benzene ring substituents is 1. The SMILES string of the molecule is CCOc1ccc([N+](=O)[O-])cc1C(O)C(O)CCNC(=O)OCc1ccccc1. The maximum Gasteiger partial charge on any atom is 0.407 e. The second-order valence-corrected chi connectivity index (χ2v) is 6.20. The zero-order valence-corrected chi connectivity index (χ0v) is 16.0. The first kappa shape index (κ1) is 22.1.